The summed E-state index contributed by atoms with van der Waals surface area (Å²) in [4.78, 5) is 35.3. The van der Waals surface area contributed by atoms with Crippen molar-refractivity contribution in [1.82, 2.24) is 4.90 Å². The molecule has 1 saturated heterocycles. The summed E-state index contributed by atoms with van der Waals surface area (Å²) in [5.41, 5.74) is -0.637. The van der Waals surface area contributed by atoms with Crippen LogP contribution in [0.4, 0.5) is 0 Å². The number of rotatable bonds is 1. The molecule has 1 aliphatic heterocycles. The number of esters is 1. The monoisotopic (exact) mass is 213 g/mol. The molecule has 0 saturated carbocycles. The zero-order chi connectivity index (χ0) is 11.8. The van der Waals surface area contributed by atoms with Gasteiger partial charge in [0.25, 0.3) is 5.91 Å². The lowest BCUT2D eigenvalue weighted by molar-refractivity contribution is -0.161. The van der Waals surface area contributed by atoms with Gasteiger partial charge in [0.1, 0.15) is 11.5 Å². The first-order valence-corrected chi connectivity index (χ1v) is 4.74. The van der Waals surface area contributed by atoms with Gasteiger partial charge in [0.2, 0.25) is 5.78 Å². The minimum absolute atomic E-state index is 0.118. The van der Waals surface area contributed by atoms with Crippen LogP contribution >= 0.6 is 0 Å². The van der Waals surface area contributed by atoms with Gasteiger partial charge in [0.15, 0.2) is 0 Å². The van der Waals surface area contributed by atoms with Crippen LogP contribution in [0.25, 0.3) is 0 Å². The third kappa shape index (κ3) is 2.55. The SMILES string of the molecule is CN1CC(C(=O)OC(C)(C)C)C(=O)C1=O. The molecule has 1 heterocycles. The predicted octanol–water partition coefficient (Wildman–Crippen LogP) is -0.0146. The first-order valence-electron chi connectivity index (χ1n) is 4.74. The highest BCUT2D eigenvalue weighted by Gasteiger charge is 2.43. The molecule has 0 radical (unpaired) electrons. The van der Waals surface area contributed by atoms with Crippen molar-refractivity contribution in [3.05, 3.63) is 0 Å². The molecule has 15 heavy (non-hydrogen) atoms. The number of carbonyl (C=O) groups excluding carboxylic acids is 3. The summed E-state index contributed by atoms with van der Waals surface area (Å²) in [6.07, 6.45) is 0. The van der Waals surface area contributed by atoms with E-state index in [1.807, 2.05) is 0 Å². The van der Waals surface area contributed by atoms with E-state index in [2.05, 4.69) is 0 Å². The van der Waals surface area contributed by atoms with Gasteiger partial charge in [0, 0.05) is 13.6 Å². The lowest BCUT2D eigenvalue weighted by atomic mass is 10.1. The van der Waals surface area contributed by atoms with Gasteiger partial charge < -0.3 is 9.64 Å². The number of Topliss-reactive ketones (excluding diaryl/α,β-unsaturated/α-hetero) is 1. The van der Waals surface area contributed by atoms with Crippen molar-refractivity contribution in [3.63, 3.8) is 0 Å². The minimum atomic E-state index is -0.957. The van der Waals surface area contributed by atoms with Crippen LogP contribution in [0.15, 0.2) is 0 Å². The average Bonchev–Trinajstić information content (AvgIpc) is 2.30. The number of likely N-dealkylation sites (tertiary alicyclic amines) is 1. The van der Waals surface area contributed by atoms with E-state index >= 15 is 0 Å². The number of amides is 1. The van der Waals surface area contributed by atoms with E-state index in [4.69, 9.17) is 4.74 Å². The van der Waals surface area contributed by atoms with Crippen molar-refractivity contribution < 1.29 is 19.1 Å². The highest BCUT2D eigenvalue weighted by atomic mass is 16.6. The van der Waals surface area contributed by atoms with E-state index in [1.54, 1.807) is 20.8 Å². The third-order valence-electron chi connectivity index (χ3n) is 2.02. The Hall–Kier alpha value is -1.39. The molecule has 1 rings (SSSR count). The Labute approximate surface area is 88.4 Å². The summed E-state index contributed by atoms with van der Waals surface area (Å²) in [5, 5.41) is 0. The van der Waals surface area contributed by atoms with Crippen LogP contribution in [0.2, 0.25) is 0 Å². The fourth-order valence-corrected chi connectivity index (χ4v) is 1.33. The normalized spacial score (nSPS) is 22.1. The summed E-state index contributed by atoms with van der Waals surface area (Å²) in [5.74, 6) is -2.87. The summed E-state index contributed by atoms with van der Waals surface area (Å²) >= 11 is 0. The predicted molar refractivity (Wildman–Crippen MR) is 52.0 cm³/mol. The van der Waals surface area contributed by atoms with Gasteiger partial charge in [0.05, 0.1) is 0 Å². The lowest BCUT2D eigenvalue weighted by Crippen LogP contribution is -2.32. The van der Waals surface area contributed by atoms with E-state index < -0.39 is 29.2 Å². The Morgan fingerprint density at radius 2 is 1.93 bits per heavy atom. The summed E-state index contributed by atoms with van der Waals surface area (Å²) in [6, 6.07) is 0. The molecule has 0 spiro atoms. The van der Waals surface area contributed by atoms with Crippen LogP contribution in [0, 0.1) is 5.92 Å². The smallest absolute Gasteiger partial charge is 0.319 e. The summed E-state index contributed by atoms with van der Waals surface area (Å²) in [7, 11) is 1.49. The topological polar surface area (TPSA) is 63.7 Å². The third-order valence-corrected chi connectivity index (χ3v) is 2.02. The number of nitrogens with zero attached hydrogens (tertiary/aromatic N) is 1. The molecule has 1 unspecified atom stereocenters. The van der Waals surface area contributed by atoms with Gasteiger partial charge in [-0.2, -0.15) is 0 Å². The van der Waals surface area contributed by atoms with E-state index in [1.165, 1.54) is 11.9 Å². The minimum Gasteiger partial charge on any atom is -0.459 e. The molecule has 0 aliphatic carbocycles. The first-order chi connectivity index (χ1) is 6.72. The molecular formula is C10H15NO4. The Bertz CT molecular complexity index is 316. The molecule has 0 aromatic heterocycles. The first kappa shape index (κ1) is 11.7. The molecule has 1 atom stereocenters. The second-order valence-corrected chi connectivity index (χ2v) is 4.64. The van der Waals surface area contributed by atoms with Crippen LogP contribution in [0.1, 0.15) is 20.8 Å². The molecule has 0 aromatic carbocycles. The second kappa shape index (κ2) is 3.64. The fourth-order valence-electron chi connectivity index (χ4n) is 1.33. The zero-order valence-electron chi connectivity index (χ0n) is 9.36. The van der Waals surface area contributed by atoms with Gasteiger partial charge in [-0.05, 0) is 20.8 Å². The molecule has 0 bridgehead atoms. The van der Waals surface area contributed by atoms with Crippen molar-refractivity contribution in [2.45, 2.75) is 26.4 Å². The molecule has 1 fully saturated rings. The largest absolute Gasteiger partial charge is 0.459 e. The Morgan fingerprint density at radius 1 is 1.40 bits per heavy atom. The number of hydrogen-bond donors (Lipinski definition) is 0. The highest BCUT2D eigenvalue weighted by molar-refractivity contribution is 6.42. The van der Waals surface area contributed by atoms with Crippen molar-refractivity contribution in [2.24, 2.45) is 5.92 Å². The number of hydrogen-bond acceptors (Lipinski definition) is 4. The molecule has 84 valence electrons. The molecule has 1 aliphatic rings. The maximum absolute atomic E-state index is 11.5. The fraction of sp³-hybridized carbons (Fsp3) is 0.700. The number of ether oxygens (including phenoxy) is 1. The zero-order valence-corrected chi connectivity index (χ0v) is 9.36. The Morgan fingerprint density at radius 3 is 2.27 bits per heavy atom. The van der Waals surface area contributed by atoms with Crippen LogP contribution in [0.3, 0.4) is 0 Å². The van der Waals surface area contributed by atoms with E-state index in [9.17, 15) is 14.4 Å². The Balaban J connectivity index is 2.71. The van der Waals surface area contributed by atoms with Crippen LogP contribution in [0.5, 0.6) is 0 Å². The quantitative estimate of drug-likeness (QED) is 0.349. The van der Waals surface area contributed by atoms with E-state index in [0.717, 1.165) is 0 Å². The van der Waals surface area contributed by atoms with Gasteiger partial charge in [-0.1, -0.05) is 0 Å². The Kier molecular flexibility index (Phi) is 2.83. The van der Waals surface area contributed by atoms with Crippen LogP contribution < -0.4 is 0 Å². The average molecular weight is 213 g/mol. The van der Waals surface area contributed by atoms with Crippen molar-refractivity contribution in [1.29, 1.82) is 0 Å². The van der Waals surface area contributed by atoms with Gasteiger partial charge >= 0.3 is 5.97 Å². The van der Waals surface area contributed by atoms with Gasteiger partial charge in [-0.3, -0.25) is 14.4 Å². The van der Waals surface area contributed by atoms with Crippen molar-refractivity contribution >= 4 is 17.7 Å². The summed E-state index contributed by atoms with van der Waals surface area (Å²) in [6.45, 7) is 5.27. The highest BCUT2D eigenvalue weighted by Crippen LogP contribution is 2.17. The maximum Gasteiger partial charge on any atom is 0.319 e. The maximum atomic E-state index is 11.5. The van der Waals surface area contributed by atoms with Crippen molar-refractivity contribution in [2.75, 3.05) is 13.6 Å². The number of carbonyl (C=O) groups is 3. The van der Waals surface area contributed by atoms with Gasteiger partial charge in [-0.25, -0.2) is 0 Å². The van der Waals surface area contributed by atoms with Crippen LogP contribution in [-0.4, -0.2) is 41.8 Å². The molecule has 0 N–H and O–H groups in total. The van der Waals surface area contributed by atoms with Crippen molar-refractivity contribution in [3.8, 4) is 0 Å². The van der Waals surface area contributed by atoms with E-state index in [0.29, 0.717) is 0 Å². The summed E-state index contributed by atoms with van der Waals surface area (Å²) < 4.78 is 5.05. The standard InChI is InChI=1S/C10H15NO4/c1-10(2,3)15-9(14)6-5-11(4)8(13)7(6)12/h6H,5H2,1-4H3. The second-order valence-electron chi connectivity index (χ2n) is 4.64. The van der Waals surface area contributed by atoms with Gasteiger partial charge in [-0.15, -0.1) is 0 Å². The van der Waals surface area contributed by atoms with Crippen LogP contribution in [-0.2, 0) is 19.1 Å². The molecule has 0 aromatic rings. The molecule has 5 heteroatoms. The lowest BCUT2D eigenvalue weighted by Gasteiger charge is -2.21. The number of likely N-dealkylation sites (N-methyl/N-ethyl adjacent to an activating group) is 1. The number of ketones is 1. The molecule has 1 amide bonds. The molecular weight excluding hydrogens is 198 g/mol. The molecule has 5 nitrogen and oxygen atoms in total. The van der Waals surface area contributed by atoms with E-state index in [-0.39, 0.29) is 6.54 Å².